The number of hydrogen-bond acceptors (Lipinski definition) is 4. The standard InChI is InChI=1S/C13H16N2OS/c1-9(14)12-8-17-13(15-12)7-10-3-5-11(16-2)6-4-10/h3-6,8-9H,7,14H2,1-2H3. The van der Waals surface area contributed by atoms with E-state index in [1.807, 2.05) is 24.4 Å². The smallest absolute Gasteiger partial charge is 0.118 e. The van der Waals surface area contributed by atoms with E-state index in [0.29, 0.717) is 0 Å². The molecule has 0 spiro atoms. The highest BCUT2D eigenvalue weighted by Gasteiger charge is 2.06. The maximum atomic E-state index is 5.79. The van der Waals surface area contributed by atoms with Crippen molar-refractivity contribution in [2.45, 2.75) is 19.4 Å². The molecular formula is C13H16N2OS. The summed E-state index contributed by atoms with van der Waals surface area (Å²) >= 11 is 1.66. The fraction of sp³-hybridized carbons (Fsp3) is 0.308. The average Bonchev–Trinajstić information content (AvgIpc) is 2.79. The molecule has 90 valence electrons. The van der Waals surface area contributed by atoms with Crippen LogP contribution in [0.25, 0.3) is 0 Å². The van der Waals surface area contributed by atoms with E-state index >= 15 is 0 Å². The van der Waals surface area contributed by atoms with Gasteiger partial charge in [-0.15, -0.1) is 11.3 Å². The number of thiazole rings is 1. The number of methoxy groups -OCH3 is 1. The minimum atomic E-state index is 0.0101. The van der Waals surface area contributed by atoms with Crippen molar-refractivity contribution in [1.29, 1.82) is 0 Å². The first-order chi connectivity index (χ1) is 8.19. The lowest BCUT2D eigenvalue weighted by molar-refractivity contribution is 0.414. The minimum Gasteiger partial charge on any atom is -0.497 e. The average molecular weight is 248 g/mol. The molecule has 0 amide bonds. The van der Waals surface area contributed by atoms with E-state index in [9.17, 15) is 0 Å². The number of aromatic nitrogens is 1. The lowest BCUT2D eigenvalue weighted by atomic mass is 10.1. The molecule has 1 unspecified atom stereocenters. The molecule has 3 nitrogen and oxygen atoms in total. The van der Waals surface area contributed by atoms with Gasteiger partial charge in [0.1, 0.15) is 5.75 Å². The van der Waals surface area contributed by atoms with Gasteiger partial charge in [-0.3, -0.25) is 0 Å². The van der Waals surface area contributed by atoms with Crippen LogP contribution in [0.1, 0.15) is 29.2 Å². The lowest BCUT2D eigenvalue weighted by Crippen LogP contribution is -2.05. The first-order valence-electron chi connectivity index (χ1n) is 5.52. The first kappa shape index (κ1) is 12.1. The summed E-state index contributed by atoms with van der Waals surface area (Å²) < 4.78 is 5.13. The molecule has 1 aromatic heterocycles. The molecule has 2 N–H and O–H groups in total. The van der Waals surface area contributed by atoms with E-state index < -0.39 is 0 Å². The molecular weight excluding hydrogens is 232 g/mol. The van der Waals surface area contributed by atoms with Crippen molar-refractivity contribution < 1.29 is 4.74 Å². The van der Waals surface area contributed by atoms with E-state index in [4.69, 9.17) is 10.5 Å². The first-order valence-corrected chi connectivity index (χ1v) is 6.40. The Balaban J connectivity index is 2.08. The Kier molecular flexibility index (Phi) is 3.76. The van der Waals surface area contributed by atoms with Gasteiger partial charge in [0, 0.05) is 17.8 Å². The molecule has 0 aliphatic carbocycles. The Bertz CT molecular complexity index is 476. The van der Waals surface area contributed by atoms with Crippen molar-refractivity contribution in [3.05, 3.63) is 45.9 Å². The number of ether oxygens (including phenoxy) is 1. The van der Waals surface area contributed by atoms with Crippen molar-refractivity contribution in [3.8, 4) is 5.75 Å². The van der Waals surface area contributed by atoms with Gasteiger partial charge in [-0.05, 0) is 24.6 Å². The third-order valence-corrected chi connectivity index (χ3v) is 3.42. The second-order valence-corrected chi connectivity index (χ2v) is 4.92. The zero-order chi connectivity index (χ0) is 12.3. The van der Waals surface area contributed by atoms with Gasteiger partial charge in [-0.25, -0.2) is 4.98 Å². The van der Waals surface area contributed by atoms with Gasteiger partial charge in [0.25, 0.3) is 0 Å². The summed E-state index contributed by atoms with van der Waals surface area (Å²) in [4.78, 5) is 4.51. The number of nitrogens with two attached hydrogens (primary N) is 1. The molecule has 4 heteroatoms. The SMILES string of the molecule is COc1ccc(Cc2nc(C(C)N)cs2)cc1. The molecule has 1 heterocycles. The van der Waals surface area contributed by atoms with E-state index in [2.05, 4.69) is 17.1 Å². The van der Waals surface area contributed by atoms with E-state index in [1.54, 1.807) is 18.4 Å². The highest BCUT2D eigenvalue weighted by Crippen LogP contribution is 2.19. The van der Waals surface area contributed by atoms with Gasteiger partial charge >= 0.3 is 0 Å². The summed E-state index contributed by atoms with van der Waals surface area (Å²) in [5.74, 6) is 0.879. The second-order valence-electron chi connectivity index (χ2n) is 3.98. The maximum absolute atomic E-state index is 5.79. The van der Waals surface area contributed by atoms with Crippen molar-refractivity contribution in [1.82, 2.24) is 4.98 Å². The zero-order valence-corrected chi connectivity index (χ0v) is 10.8. The molecule has 1 atom stereocenters. The van der Waals surface area contributed by atoms with Gasteiger partial charge in [0.2, 0.25) is 0 Å². The fourth-order valence-electron chi connectivity index (χ4n) is 1.53. The van der Waals surface area contributed by atoms with E-state index in [-0.39, 0.29) is 6.04 Å². The van der Waals surface area contributed by atoms with Gasteiger partial charge in [0.15, 0.2) is 0 Å². The predicted molar refractivity (Wildman–Crippen MR) is 70.5 cm³/mol. The summed E-state index contributed by atoms with van der Waals surface area (Å²) in [5.41, 5.74) is 7.99. The molecule has 0 fully saturated rings. The molecule has 0 aliphatic rings. The van der Waals surface area contributed by atoms with Gasteiger partial charge in [-0.1, -0.05) is 12.1 Å². The predicted octanol–water partition coefficient (Wildman–Crippen LogP) is 2.76. The topological polar surface area (TPSA) is 48.1 Å². The fourth-order valence-corrected chi connectivity index (χ4v) is 2.47. The summed E-state index contributed by atoms with van der Waals surface area (Å²) in [7, 11) is 1.67. The highest BCUT2D eigenvalue weighted by molar-refractivity contribution is 7.09. The molecule has 2 rings (SSSR count). The Morgan fingerprint density at radius 2 is 2.06 bits per heavy atom. The monoisotopic (exact) mass is 248 g/mol. The molecule has 0 radical (unpaired) electrons. The van der Waals surface area contributed by atoms with Crippen LogP contribution in [-0.2, 0) is 6.42 Å². The Morgan fingerprint density at radius 3 is 2.59 bits per heavy atom. The Morgan fingerprint density at radius 1 is 1.35 bits per heavy atom. The van der Waals surface area contributed by atoms with E-state index in [1.165, 1.54) is 5.56 Å². The number of benzene rings is 1. The van der Waals surface area contributed by atoms with Crippen LogP contribution in [0, 0.1) is 0 Å². The van der Waals surface area contributed by atoms with Crippen molar-refractivity contribution in [3.63, 3.8) is 0 Å². The van der Waals surface area contributed by atoms with Crippen LogP contribution >= 0.6 is 11.3 Å². The number of nitrogens with zero attached hydrogens (tertiary/aromatic N) is 1. The molecule has 17 heavy (non-hydrogen) atoms. The van der Waals surface area contributed by atoms with Crippen molar-refractivity contribution in [2.75, 3.05) is 7.11 Å². The normalized spacial score (nSPS) is 12.4. The number of hydrogen-bond donors (Lipinski definition) is 1. The summed E-state index contributed by atoms with van der Waals surface area (Å²) in [6.45, 7) is 1.95. The van der Waals surface area contributed by atoms with Crippen LogP contribution in [0.5, 0.6) is 5.75 Å². The second kappa shape index (κ2) is 5.29. The molecule has 1 aromatic carbocycles. The molecule has 2 aromatic rings. The lowest BCUT2D eigenvalue weighted by Gasteiger charge is -2.01. The Hall–Kier alpha value is -1.39. The molecule has 0 saturated carbocycles. The minimum absolute atomic E-state index is 0.0101. The molecule has 0 saturated heterocycles. The van der Waals surface area contributed by atoms with Crippen LogP contribution < -0.4 is 10.5 Å². The summed E-state index contributed by atoms with van der Waals surface area (Å²) in [5, 5.41) is 3.13. The van der Waals surface area contributed by atoms with Crippen LogP contribution in [-0.4, -0.2) is 12.1 Å². The maximum Gasteiger partial charge on any atom is 0.118 e. The zero-order valence-electron chi connectivity index (χ0n) is 10.0. The highest BCUT2D eigenvalue weighted by atomic mass is 32.1. The van der Waals surface area contributed by atoms with Gasteiger partial charge in [-0.2, -0.15) is 0 Å². The van der Waals surface area contributed by atoms with Crippen molar-refractivity contribution in [2.24, 2.45) is 5.73 Å². The van der Waals surface area contributed by atoms with Gasteiger partial charge in [0.05, 0.1) is 17.8 Å². The third kappa shape index (κ3) is 3.05. The van der Waals surface area contributed by atoms with E-state index in [0.717, 1.165) is 22.9 Å². The van der Waals surface area contributed by atoms with Crippen LogP contribution in [0.15, 0.2) is 29.6 Å². The van der Waals surface area contributed by atoms with Crippen LogP contribution in [0.4, 0.5) is 0 Å². The Labute approximate surface area is 105 Å². The largest absolute Gasteiger partial charge is 0.497 e. The third-order valence-electron chi connectivity index (χ3n) is 2.55. The molecule has 0 aliphatic heterocycles. The number of rotatable bonds is 4. The quantitative estimate of drug-likeness (QED) is 0.905. The summed E-state index contributed by atoms with van der Waals surface area (Å²) in [6.07, 6.45) is 0.849. The summed E-state index contributed by atoms with van der Waals surface area (Å²) in [6, 6.07) is 8.07. The molecule has 0 bridgehead atoms. The van der Waals surface area contributed by atoms with Crippen molar-refractivity contribution >= 4 is 11.3 Å². The van der Waals surface area contributed by atoms with Crippen LogP contribution in [0.3, 0.4) is 0 Å². The van der Waals surface area contributed by atoms with Crippen LogP contribution in [0.2, 0.25) is 0 Å². The van der Waals surface area contributed by atoms with Gasteiger partial charge < -0.3 is 10.5 Å².